The maximum atomic E-state index is 12.0. The van der Waals surface area contributed by atoms with Gasteiger partial charge in [-0.25, -0.2) is 10.2 Å². The molecule has 0 aromatic heterocycles. The summed E-state index contributed by atoms with van der Waals surface area (Å²) in [5, 5.41) is 6.59. The van der Waals surface area contributed by atoms with Crippen LogP contribution in [0.3, 0.4) is 0 Å². The van der Waals surface area contributed by atoms with E-state index in [4.69, 9.17) is 14.2 Å². The molecular formula is C22H24BrN3O6. The van der Waals surface area contributed by atoms with E-state index < -0.39 is 5.97 Å². The van der Waals surface area contributed by atoms with E-state index in [-0.39, 0.29) is 37.9 Å². The van der Waals surface area contributed by atoms with Gasteiger partial charge in [-0.2, -0.15) is 5.10 Å². The van der Waals surface area contributed by atoms with E-state index in [2.05, 4.69) is 31.8 Å². The van der Waals surface area contributed by atoms with Crippen molar-refractivity contribution < 1.29 is 28.6 Å². The smallest absolute Gasteiger partial charge is 0.344 e. The number of carbonyl (C=O) groups is 3. The van der Waals surface area contributed by atoms with E-state index in [0.717, 1.165) is 0 Å². The monoisotopic (exact) mass is 505 g/mol. The van der Waals surface area contributed by atoms with Gasteiger partial charge in [-0.1, -0.05) is 0 Å². The van der Waals surface area contributed by atoms with Gasteiger partial charge < -0.3 is 19.5 Å². The third-order valence-corrected chi connectivity index (χ3v) is 4.58. The molecule has 0 aliphatic heterocycles. The fourth-order valence-corrected chi connectivity index (χ4v) is 2.92. The molecular weight excluding hydrogens is 482 g/mol. The van der Waals surface area contributed by atoms with E-state index >= 15 is 0 Å². The molecule has 9 nitrogen and oxygen atoms in total. The Morgan fingerprint density at radius 3 is 2.44 bits per heavy atom. The lowest BCUT2D eigenvalue weighted by Gasteiger charge is -2.08. The van der Waals surface area contributed by atoms with Crippen LogP contribution >= 0.6 is 15.9 Å². The number of hydrazone groups is 1. The second-order valence-electron chi connectivity index (χ2n) is 6.35. The number of methoxy groups -OCH3 is 1. The summed E-state index contributed by atoms with van der Waals surface area (Å²) in [6.07, 6.45) is 1.46. The molecule has 0 atom stereocenters. The number of rotatable bonds is 11. The van der Waals surface area contributed by atoms with E-state index in [1.54, 1.807) is 56.5 Å². The van der Waals surface area contributed by atoms with Crippen molar-refractivity contribution in [2.45, 2.75) is 19.8 Å². The van der Waals surface area contributed by atoms with Gasteiger partial charge in [-0.05, 0) is 70.9 Å². The molecule has 0 heterocycles. The van der Waals surface area contributed by atoms with Crippen LogP contribution in [-0.2, 0) is 19.1 Å². The van der Waals surface area contributed by atoms with Crippen LogP contribution in [0, 0.1) is 0 Å². The lowest BCUT2D eigenvalue weighted by molar-refractivity contribution is -0.145. The number of benzene rings is 2. The van der Waals surface area contributed by atoms with E-state index in [0.29, 0.717) is 27.2 Å². The van der Waals surface area contributed by atoms with Crippen LogP contribution in [0.5, 0.6) is 11.5 Å². The minimum Gasteiger partial charge on any atom is -0.497 e. The highest BCUT2D eigenvalue weighted by Gasteiger charge is 2.08. The Kier molecular flexibility index (Phi) is 10.2. The molecule has 0 saturated carbocycles. The first-order valence-electron chi connectivity index (χ1n) is 9.75. The molecule has 0 spiro atoms. The summed E-state index contributed by atoms with van der Waals surface area (Å²) in [6.45, 7) is 1.82. The lowest BCUT2D eigenvalue weighted by atomic mass is 10.2. The number of ether oxygens (including phenoxy) is 3. The summed E-state index contributed by atoms with van der Waals surface area (Å²) in [5.41, 5.74) is 3.69. The first-order valence-corrected chi connectivity index (χ1v) is 10.5. The second kappa shape index (κ2) is 13.1. The average molecular weight is 506 g/mol. The molecule has 10 heteroatoms. The van der Waals surface area contributed by atoms with Crippen molar-refractivity contribution in [1.29, 1.82) is 0 Å². The Morgan fingerprint density at radius 2 is 1.78 bits per heavy atom. The molecule has 0 saturated heterocycles. The fourth-order valence-electron chi connectivity index (χ4n) is 2.41. The van der Waals surface area contributed by atoms with Crippen molar-refractivity contribution in [3.63, 3.8) is 0 Å². The van der Waals surface area contributed by atoms with E-state index in [1.807, 2.05) is 0 Å². The van der Waals surface area contributed by atoms with Crippen LogP contribution in [0.4, 0.5) is 5.69 Å². The predicted molar refractivity (Wildman–Crippen MR) is 123 cm³/mol. The summed E-state index contributed by atoms with van der Waals surface area (Å²) < 4.78 is 15.9. The van der Waals surface area contributed by atoms with Gasteiger partial charge in [-0.15, -0.1) is 0 Å². The highest BCUT2D eigenvalue weighted by atomic mass is 79.9. The predicted octanol–water partition coefficient (Wildman–Crippen LogP) is 3.27. The summed E-state index contributed by atoms with van der Waals surface area (Å²) >= 11 is 3.36. The summed E-state index contributed by atoms with van der Waals surface area (Å²) in [4.78, 5) is 35.2. The van der Waals surface area contributed by atoms with Crippen molar-refractivity contribution >= 4 is 45.6 Å². The summed E-state index contributed by atoms with van der Waals surface area (Å²) in [7, 11) is 1.56. The van der Waals surface area contributed by atoms with Crippen LogP contribution in [0.15, 0.2) is 52.0 Å². The number of esters is 1. The molecule has 2 amide bonds. The normalized spacial score (nSPS) is 10.5. The van der Waals surface area contributed by atoms with Crippen molar-refractivity contribution in [2.75, 3.05) is 25.6 Å². The molecule has 2 rings (SSSR count). The maximum absolute atomic E-state index is 12.0. The van der Waals surface area contributed by atoms with Crippen molar-refractivity contribution in [1.82, 2.24) is 5.43 Å². The van der Waals surface area contributed by atoms with Gasteiger partial charge in [0.15, 0.2) is 6.61 Å². The van der Waals surface area contributed by atoms with E-state index in [9.17, 15) is 14.4 Å². The van der Waals surface area contributed by atoms with Crippen LogP contribution in [0.25, 0.3) is 0 Å². The number of nitrogens with zero attached hydrogens (tertiary/aromatic N) is 1. The molecule has 2 N–H and O–H groups in total. The third kappa shape index (κ3) is 8.76. The molecule has 0 aliphatic rings. The van der Waals surface area contributed by atoms with Crippen molar-refractivity contribution in [3.8, 4) is 11.5 Å². The first kappa shape index (κ1) is 24.9. The zero-order valence-corrected chi connectivity index (χ0v) is 19.3. The maximum Gasteiger partial charge on any atom is 0.344 e. The van der Waals surface area contributed by atoms with Crippen molar-refractivity contribution in [2.24, 2.45) is 5.10 Å². The van der Waals surface area contributed by atoms with Crippen LogP contribution in [0.2, 0.25) is 0 Å². The van der Waals surface area contributed by atoms with Gasteiger partial charge >= 0.3 is 5.97 Å². The molecule has 0 unspecified atom stereocenters. The summed E-state index contributed by atoms with van der Waals surface area (Å²) in [6, 6.07) is 12.0. The molecule has 0 radical (unpaired) electrons. The Balaban J connectivity index is 1.74. The number of halogens is 1. The van der Waals surface area contributed by atoms with Gasteiger partial charge in [0.2, 0.25) is 11.8 Å². The molecule has 0 fully saturated rings. The van der Waals surface area contributed by atoms with Gasteiger partial charge in [0.1, 0.15) is 11.5 Å². The number of hydrogen-bond donors (Lipinski definition) is 2. The first-order chi connectivity index (χ1) is 15.4. The van der Waals surface area contributed by atoms with Crippen LogP contribution in [-0.4, -0.2) is 44.3 Å². The number of anilines is 1. The highest BCUT2D eigenvalue weighted by Crippen LogP contribution is 2.25. The SMILES string of the molecule is CCOC(=O)COc1ccc(C=NNC(=O)CCC(=O)Nc2ccc(OC)cc2)cc1Br. The molecule has 2 aromatic carbocycles. The zero-order valence-electron chi connectivity index (χ0n) is 17.7. The van der Waals surface area contributed by atoms with Gasteiger partial charge in [0, 0.05) is 18.5 Å². The molecule has 0 bridgehead atoms. The quantitative estimate of drug-likeness (QED) is 0.275. The average Bonchev–Trinajstić information content (AvgIpc) is 2.78. The van der Waals surface area contributed by atoms with Crippen LogP contribution in [0.1, 0.15) is 25.3 Å². The number of carbonyl (C=O) groups excluding carboxylic acids is 3. The Morgan fingerprint density at radius 1 is 1.06 bits per heavy atom. The topological polar surface area (TPSA) is 115 Å². The number of amides is 2. The molecule has 170 valence electrons. The standard InChI is InChI=1S/C22H24BrN3O6/c1-3-31-22(29)14-32-19-9-4-15(12-18(19)23)13-24-26-21(28)11-10-20(27)25-16-5-7-17(30-2)8-6-16/h4-9,12-13H,3,10-11,14H2,1-2H3,(H,25,27)(H,26,28). The largest absolute Gasteiger partial charge is 0.497 e. The number of nitrogens with one attached hydrogen (secondary N) is 2. The van der Waals surface area contributed by atoms with Crippen LogP contribution < -0.4 is 20.2 Å². The molecule has 0 aliphatic carbocycles. The molecule has 32 heavy (non-hydrogen) atoms. The Labute approximate surface area is 194 Å². The van der Waals surface area contributed by atoms with Crippen molar-refractivity contribution in [3.05, 3.63) is 52.5 Å². The van der Waals surface area contributed by atoms with E-state index in [1.165, 1.54) is 6.21 Å². The zero-order chi connectivity index (χ0) is 23.3. The Hall–Kier alpha value is -3.40. The second-order valence-corrected chi connectivity index (χ2v) is 7.21. The summed E-state index contributed by atoms with van der Waals surface area (Å²) in [5.74, 6) is 0.0369. The highest BCUT2D eigenvalue weighted by molar-refractivity contribution is 9.10. The van der Waals surface area contributed by atoms with Gasteiger partial charge in [-0.3, -0.25) is 9.59 Å². The third-order valence-electron chi connectivity index (χ3n) is 3.96. The minimum absolute atomic E-state index is 0.0103. The van der Waals surface area contributed by atoms with Gasteiger partial charge in [0.05, 0.1) is 24.4 Å². The lowest BCUT2D eigenvalue weighted by Crippen LogP contribution is -2.20. The van der Waals surface area contributed by atoms with Gasteiger partial charge in [0.25, 0.3) is 0 Å². The minimum atomic E-state index is -0.453. The Bertz CT molecular complexity index is 963. The number of hydrogen-bond acceptors (Lipinski definition) is 7. The molecule has 2 aromatic rings. The fraction of sp³-hybridized carbons (Fsp3) is 0.273.